The molecule has 1 rings (SSSR count). The van der Waals surface area contributed by atoms with E-state index >= 15 is 0 Å². The van der Waals surface area contributed by atoms with E-state index in [2.05, 4.69) is 18.9 Å². The molecule has 0 unspecified atom stereocenters. The lowest BCUT2D eigenvalue weighted by Gasteiger charge is -2.28. The summed E-state index contributed by atoms with van der Waals surface area (Å²) in [7, 11) is 3.87. The van der Waals surface area contributed by atoms with Gasteiger partial charge in [0.05, 0.1) is 6.10 Å². The second kappa shape index (κ2) is 3.94. The topological polar surface area (TPSA) is 12.5 Å². The van der Waals surface area contributed by atoms with E-state index < -0.39 is 0 Å². The van der Waals surface area contributed by atoms with Crippen LogP contribution in [-0.4, -0.2) is 30.7 Å². The summed E-state index contributed by atoms with van der Waals surface area (Å²) >= 11 is 0. The highest BCUT2D eigenvalue weighted by Crippen LogP contribution is 2.11. The molecule has 0 amide bonds. The maximum absolute atomic E-state index is 5.48. The molecule has 0 aromatic rings. The van der Waals surface area contributed by atoms with E-state index in [0.717, 1.165) is 32.5 Å². The molecule has 1 heterocycles. The lowest BCUT2D eigenvalue weighted by molar-refractivity contribution is 0.0229. The van der Waals surface area contributed by atoms with E-state index in [9.17, 15) is 0 Å². The molecule has 1 aliphatic heterocycles. The Labute approximate surface area is 63.2 Å². The molecular weight excluding hydrogens is 126 g/mol. The van der Waals surface area contributed by atoms with Crippen LogP contribution >= 0.6 is 0 Å². The lowest BCUT2D eigenvalue weighted by atomic mass is 10.1. The first-order valence-corrected chi connectivity index (χ1v) is 4.00. The molecule has 1 fully saturated rings. The van der Waals surface area contributed by atoms with E-state index in [1.54, 1.807) is 0 Å². The van der Waals surface area contributed by atoms with Gasteiger partial charge >= 0.3 is 0 Å². The summed E-state index contributed by atoms with van der Waals surface area (Å²) in [4.78, 5) is 2.11. The Bertz CT molecular complexity index is 87.3. The van der Waals surface area contributed by atoms with Crippen molar-refractivity contribution in [1.29, 1.82) is 0 Å². The van der Waals surface area contributed by atoms with Gasteiger partial charge in [-0.2, -0.15) is 0 Å². The van der Waals surface area contributed by atoms with E-state index in [1.807, 2.05) is 0 Å². The molecule has 0 spiro atoms. The van der Waals surface area contributed by atoms with Crippen molar-refractivity contribution in [3.8, 4) is 0 Å². The molecule has 2 nitrogen and oxygen atoms in total. The predicted octanol–water partition coefficient (Wildman–Crippen LogP) is 1.28. The maximum Gasteiger partial charge on any atom is 0.0599 e. The Kier molecular flexibility index (Phi) is 3.16. The average molecular weight is 142 g/mol. The van der Waals surface area contributed by atoms with Crippen molar-refractivity contribution in [3.63, 3.8) is 0 Å². The smallest absolute Gasteiger partial charge is 0.0599 e. The van der Waals surface area contributed by atoms with Crippen molar-refractivity contribution < 1.29 is 4.74 Å². The molecule has 0 N–H and O–H groups in total. The van der Waals surface area contributed by atoms with Gasteiger partial charge in [0.2, 0.25) is 0 Å². The van der Waals surface area contributed by atoms with Crippen LogP contribution in [0.2, 0.25) is 0 Å². The summed E-state index contributed by atoms with van der Waals surface area (Å²) in [5.74, 6) is 0. The third-order valence-corrected chi connectivity index (χ3v) is 1.94. The first kappa shape index (κ1) is 8.02. The zero-order valence-corrected chi connectivity index (χ0v) is 6.68. The highest BCUT2D eigenvalue weighted by Gasteiger charge is 2.15. The molecule has 0 saturated carbocycles. The molecule has 0 aromatic heterocycles. The first-order chi connectivity index (χ1) is 4.83. The summed E-state index contributed by atoms with van der Waals surface area (Å²) < 4.78 is 5.48. The average Bonchev–Trinajstić information content (AvgIpc) is 1.95. The maximum atomic E-state index is 5.48. The fraction of sp³-hybridized carbons (Fsp3) is 0.875. The Morgan fingerprint density at radius 3 is 2.60 bits per heavy atom. The van der Waals surface area contributed by atoms with Crippen molar-refractivity contribution in [2.75, 3.05) is 19.7 Å². The van der Waals surface area contributed by atoms with Gasteiger partial charge in [0, 0.05) is 26.7 Å². The van der Waals surface area contributed by atoms with Gasteiger partial charge < -0.3 is 9.64 Å². The number of likely N-dealkylation sites (tertiary alicyclic amines) is 1. The van der Waals surface area contributed by atoms with Crippen molar-refractivity contribution in [3.05, 3.63) is 7.05 Å². The van der Waals surface area contributed by atoms with Crippen molar-refractivity contribution in [2.45, 2.75) is 25.9 Å². The number of hydrogen-bond donors (Lipinski definition) is 0. The number of rotatable bonds is 2. The van der Waals surface area contributed by atoms with Gasteiger partial charge in [-0.3, -0.25) is 0 Å². The molecule has 0 aliphatic carbocycles. The fourth-order valence-corrected chi connectivity index (χ4v) is 1.31. The summed E-state index contributed by atoms with van der Waals surface area (Å²) in [6, 6.07) is 0. The highest BCUT2D eigenvalue weighted by molar-refractivity contribution is 4.71. The third kappa shape index (κ3) is 2.27. The lowest BCUT2D eigenvalue weighted by Crippen LogP contribution is -2.32. The van der Waals surface area contributed by atoms with Gasteiger partial charge in [-0.25, -0.2) is 0 Å². The summed E-state index contributed by atoms with van der Waals surface area (Å²) in [6.45, 7) is 5.08. The molecule has 1 radical (unpaired) electrons. The Balaban J connectivity index is 2.13. The van der Waals surface area contributed by atoms with Crippen LogP contribution in [0.3, 0.4) is 0 Å². The molecular formula is C8H16NO. The predicted molar refractivity (Wildman–Crippen MR) is 41.6 cm³/mol. The van der Waals surface area contributed by atoms with Gasteiger partial charge in [0.15, 0.2) is 0 Å². The van der Waals surface area contributed by atoms with Crippen molar-refractivity contribution >= 4 is 0 Å². The van der Waals surface area contributed by atoms with Crippen LogP contribution in [0.5, 0.6) is 0 Å². The second-order valence-electron chi connectivity index (χ2n) is 2.77. The Morgan fingerprint density at radius 1 is 1.50 bits per heavy atom. The summed E-state index contributed by atoms with van der Waals surface area (Å²) in [5.41, 5.74) is 0. The van der Waals surface area contributed by atoms with Crippen LogP contribution in [0, 0.1) is 7.05 Å². The highest BCUT2D eigenvalue weighted by atomic mass is 16.5. The molecule has 2 heteroatoms. The van der Waals surface area contributed by atoms with Crippen LogP contribution in [0.15, 0.2) is 0 Å². The number of piperidine rings is 1. The molecule has 1 aliphatic rings. The van der Waals surface area contributed by atoms with Crippen LogP contribution in [0.4, 0.5) is 0 Å². The minimum absolute atomic E-state index is 0.503. The monoisotopic (exact) mass is 142 g/mol. The number of hydrogen-bond acceptors (Lipinski definition) is 2. The Hall–Kier alpha value is -0.0800. The zero-order chi connectivity index (χ0) is 7.40. The molecule has 0 aromatic carbocycles. The molecule has 1 saturated heterocycles. The molecule has 0 atom stereocenters. The Morgan fingerprint density at radius 2 is 2.10 bits per heavy atom. The van der Waals surface area contributed by atoms with Gasteiger partial charge in [-0.1, -0.05) is 0 Å². The van der Waals surface area contributed by atoms with Crippen LogP contribution in [0.25, 0.3) is 0 Å². The minimum Gasteiger partial charge on any atom is -0.378 e. The van der Waals surface area contributed by atoms with Crippen molar-refractivity contribution in [2.24, 2.45) is 0 Å². The molecule has 59 valence electrons. The largest absolute Gasteiger partial charge is 0.378 e. The molecule has 10 heavy (non-hydrogen) atoms. The number of nitrogens with zero attached hydrogens (tertiary/aromatic N) is 1. The molecule has 0 bridgehead atoms. The van der Waals surface area contributed by atoms with Crippen LogP contribution in [-0.2, 0) is 4.74 Å². The fourth-order valence-electron chi connectivity index (χ4n) is 1.31. The van der Waals surface area contributed by atoms with Crippen LogP contribution < -0.4 is 0 Å². The van der Waals surface area contributed by atoms with E-state index in [0.29, 0.717) is 6.10 Å². The van der Waals surface area contributed by atoms with E-state index in [1.165, 1.54) is 0 Å². The van der Waals surface area contributed by atoms with Gasteiger partial charge in [0.1, 0.15) is 0 Å². The van der Waals surface area contributed by atoms with Gasteiger partial charge in [-0.15, -0.1) is 0 Å². The van der Waals surface area contributed by atoms with Crippen LogP contribution in [0.1, 0.15) is 19.8 Å². The van der Waals surface area contributed by atoms with Gasteiger partial charge in [0.25, 0.3) is 0 Å². The third-order valence-electron chi connectivity index (χ3n) is 1.94. The van der Waals surface area contributed by atoms with Gasteiger partial charge in [-0.05, 0) is 19.8 Å². The standard InChI is InChI=1S/C8H16NO/c1-3-10-8-4-6-9(2)7-5-8/h8H,2-7H2,1H3. The second-order valence-corrected chi connectivity index (χ2v) is 2.77. The normalized spacial score (nSPS) is 23.4. The first-order valence-electron chi connectivity index (χ1n) is 4.00. The van der Waals surface area contributed by atoms with E-state index in [-0.39, 0.29) is 0 Å². The minimum atomic E-state index is 0.503. The summed E-state index contributed by atoms with van der Waals surface area (Å²) in [5, 5.41) is 0. The van der Waals surface area contributed by atoms with Crippen molar-refractivity contribution in [1.82, 2.24) is 4.90 Å². The zero-order valence-electron chi connectivity index (χ0n) is 6.68. The quantitative estimate of drug-likeness (QED) is 0.576. The van der Waals surface area contributed by atoms with E-state index in [4.69, 9.17) is 4.74 Å². The number of ether oxygens (including phenoxy) is 1. The SMILES string of the molecule is [CH2]N1CCC(OCC)CC1. The summed E-state index contributed by atoms with van der Waals surface area (Å²) in [6.07, 6.45) is 2.80.